The molecule has 0 bridgehead atoms. The van der Waals surface area contributed by atoms with Gasteiger partial charge in [-0.1, -0.05) is 0 Å². The molecule has 1 aromatic carbocycles. The van der Waals surface area contributed by atoms with Crippen LogP contribution >= 0.6 is 0 Å². The molecule has 1 amide bonds. The van der Waals surface area contributed by atoms with Gasteiger partial charge in [0.05, 0.1) is 21.6 Å². The second-order valence-electron chi connectivity index (χ2n) is 4.02. The number of nitrogens with one attached hydrogen (secondary N) is 1. The van der Waals surface area contributed by atoms with E-state index in [0.717, 1.165) is 31.0 Å². The molecule has 0 unspecified atom stereocenters. The Morgan fingerprint density at radius 2 is 1.61 bits per heavy atom. The fraction of sp³-hybridized carbons (Fsp3) is 0.300. The van der Waals surface area contributed by atoms with Gasteiger partial charge in [-0.05, 0) is 12.8 Å². The number of carbonyl (C=O) groups is 1. The van der Waals surface area contributed by atoms with E-state index >= 15 is 0 Å². The summed E-state index contributed by atoms with van der Waals surface area (Å²) in [7, 11) is 0. The Kier molecular flexibility index (Phi) is 2.92. The largest absolute Gasteiger partial charge is 0.325 e. The topological polar surface area (TPSA) is 115 Å². The lowest BCUT2D eigenvalue weighted by Gasteiger charge is -2.03. The first-order chi connectivity index (χ1) is 8.47. The van der Waals surface area contributed by atoms with E-state index < -0.39 is 21.2 Å². The molecule has 0 heterocycles. The number of hydrogen-bond acceptors (Lipinski definition) is 5. The van der Waals surface area contributed by atoms with Crippen molar-refractivity contribution < 1.29 is 14.6 Å². The number of non-ortho nitro benzene ring substituents is 2. The molecule has 0 aromatic heterocycles. The van der Waals surface area contributed by atoms with Crippen LogP contribution in [0.5, 0.6) is 0 Å². The molecule has 18 heavy (non-hydrogen) atoms. The van der Waals surface area contributed by atoms with E-state index in [0.29, 0.717) is 0 Å². The van der Waals surface area contributed by atoms with E-state index in [4.69, 9.17) is 0 Å². The molecule has 0 spiro atoms. The first-order valence-electron chi connectivity index (χ1n) is 5.22. The average molecular weight is 251 g/mol. The molecule has 1 aromatic rings. The zero-order chi connectivity index (χ0) is 13.3. The van der Waals surface area contributed by atoms with Crippen LogP contribution in [0.3, 0.4) is 0 Å². The Morgan fingerprint density at radius 1 is 1.11 bits per heavy atom. The SMILES string of the molecule is O=C(Nc1cc([N+](=O)[O-])cc([N+](=O)[O-])c1)C1CC1. The van der Waals surface area contributed by atoms with Gasteiger partial charge in [-0.25, -0.2) is 0 Å². The van der Waals surface area contributed by atoms with Crippen LogP contribution in [-0.2, 0) is 4.79 Å². The van der Waals surface area contributed by atoms with Crippen molar-refractivity contribution in [2.45, 2.75) is 12.8 Å². The molecule has 1 aliphatic carbocycles. The molecule has 94 valence electrons. The number of nitro benzene ring substituents is 2. The number of rotatable bonds is 4. The van der Waals surface area contributed by atoms with Gasteiger partial charge in [-0.2, -0.15) is 0 Å². The third-order valence-electron chi connectivity index (χ3n) is 2.54. The van der Waals surface area contributed by atoms with Gasteiger partial charge in [0, 0.05) is 18.1 Å². The molecule has 8 heteroatoms. The third-order valence-corrected chi connectivity index (χ3v) is 2.54. The highest BCUT2D eigenvalue weighted by Crippen LogP contribution is 2.31. The molecule has 1 saturated carbocycles. The fourth-order valence-electron chi connectivity index (χ4n) is 1.47. The summed E-state index contributed by atoms with van der Waals surface area (Å²) in [5, 5.41) is 23.7. The molecule has 1 N–H and O–H groups in total. The van der Waals surface area contributed by atoms with Crippen molar-refractivity contribution >= 4 is 23.0 Å². The summed E-state index contributed by atoms with van der Waals surface area (Å²) in [6, 6.07) is 3.06. The van der Waals surface area contributed by atoms with Crippen LogP contribution in [0.15, 0.2) is 18.2 Å². The Labute approximate surface area is 101 Å². The summed E-state index contributed by atoms with van der Waals surface area (Å²) in [6.45, 7) is 0. The lowest BCUT2D eigenvalue weighted by atomic mass is 10.2. The van der Waals surface area contributed by atoms with Gasteiger partial charge in [0.15, 0.2) is 0 Å². The highest BCUT2D eigenvalue weighted by molar-refractivity contribution is 5.94. The van der Waals surface area contributed by atoms with Gasteiger partial charge >= 0.3 is 0 Å². The van der Waals surface area contributed by atoms with Gasteiger partial charge < -0.3 is 5.32 Å². The fourth-order valence-corrected chi connectivity index (χ4v) is 1.47. The van der Waals surface area contributed by atoms with Crippen molar-refractivity contribution in [3.05, 3.63) is 38.4 Å². The third kappa shape index (κ3) is 2.59. The summed E-state index contributed by atoms with van der Waals surface area (Å²) in [5.41, 5.74) is -0.765. The summed E-state index contributed by atoms with van der Waals surface area (Å²) in [4.78, 5) is 31.3. The van der Waals surface area contributed by atoms with E-state index in [2.05, 4.69) is 5.32 Å². The molecular formula is C10H9N3O5. The maximum atomic E-state index is 11.5. The molecule has 0 saturated heterocycles. The Hall–Kier alpha value is -2.51. The normalized spacial score (nSPS) is 14.0. The van der Waals surface area contributed by atoms with Crippen molar-refractivity contribution in [3.63, 3.8) is 0 Å². The number of nitro groups is 2. The van der Waals surface area contributed by atoms with E-state index in [1.165, 1.54) is 0 Å². The number of anilines is 1. The van der Waals surface area contributed by atoms with Crippen LogP contribution in [0.1, 0.15) is 12.8 Å². The van der Waals surface area contributed by atoms with Crippen molar-refractivity contribution in [2.24, 2.45) is 5.92 Å². The predicted octanol–water partition coefficient (Wildman–Crippen LogP) is 1.85. The van der Waals surface area contributed by atoms with E-state index in [1.54, 1.807) is 0 Å². The Bertz CT molecular complexity index is 506. The monoisotopic (exact) mass is 251 g/mol. The highest BCUT2D eigenvalue weighted by Gasteiger charge is 2.30. The van der Waals surface area contributed by atoms with Crippen LogP contribution < -0.4 is 5.32 Å². The van der Waals surface area contributed by atoms with Gasteiger partial charge in [-0.15, -0.1) is 0 Å². The minimum absolute atomic E-state index is 0.0767. The first-order valence-corrected chi connectivity index (χ1v) is 5.22. The van der Waals surface area contributed by atoms with Crippen LogP contribution in [-0.4, -0.2) is 15.8 Å². The van der Waals surface area contributed by atoms with Gasteiger partial charge in [0.25, 0.3) is 11.4 Å². The quantitative estimate of drug-likeness (QED) is 0.647. The van der Waals surface area contributed by atoms with Crippen LogP contribution in [0.4, 0.5) is 17.1 Å². The summed E-state index contributed by atoms with van der Waals surface area (Å²) >= 11 is 0. The minimum atomic E-state index is -0.736. The second kappa shape index (κ2) is 4.40. The second-order valence-corrected chi connectivity index (χ2v) is 4.02. The number of carbonyl (C=O) groups excluding carboxylic acids is 1. The molecule has 0 radical (unpaired) electrons. The average Bonchev–Trinajstić information content (AvgIpc) is 3.12. The van der Waals surface area contributed by atoms with Gasteiger partial charge in [-0.3, -0.25) is 25.0 Å². The van der Waals surface area contributed by atoms with Crippen molar-refractivity contribution in [2.75, 3.05) is 5.32 Å². The summed E-state index contributed by atoms with van der Waals surface area (Å²) in [6.07, 6.45) is 1.56. The van der Waals surface area contributed by atoms with Crippen LogP contribution in [0.2, 0.25) is 0 Å². The maximum Gasteiger partial charge on any atom is 0.278 e. The number of benzene rings is 1. The first kappa shape index (κ1) is 12.0. The summed E-state index contributed by atoms with van der Waals surface area (Å²) < 4.78 is 0. The summed E-state index contributed by atoms with van der Waals surface area (Å²) in [5.74, 6) is -0.340. The Morgan fingerprint density at radius 3 is 2.00 bits per heavy atom. The van der Waals surface area contributed by atoms with Gasteiger partial charge in [0.2, 0.25) is 5.91 Å². The zero-order valence-corrected chi connectivity index (χ0v) is 9.16. The van der Waals surface area contributed by atoms with Crippen molar-refractivity contribution in [3.8, 4) is 0 Å². The predicted molar refractivity (Wildman–Crippen MR) is 61.1 cm³/mol. The molecule has 2 rings (SSSR count). The van der Waals surface area contributed by atoms with Crippen molar-refractivity contribution in [1.29, 1.82) is 0 Å². The van der Waals surface area contributed by atoms with E-state index in [9.17, 15) is 25.0 Å². The molecule has 1 fully saturated rings. The lowest BCUT2D eigenvalue weighted by Crippen LogP contribution is -2.13. The lowest BCUT2D eigenvalue weighted by molar-refractivity contribution is -0.394. The standard InChI is InChI=1S/C10H9N3O5/c14-10(6-1-2-6)11-7-3-8(12(15)16)5-9(4-7)13(17)18/h3-6H,1-2H2,(H,11,14). The van der Waals surface area contributed by atoms with E-state index in [-0.39, 0.29) is 17.5 Å². The molecular weight excluding hydrogens is 242 g/mol. The van der Waals surface area contributed by atoms with Crippen LogP contribution in [0, 0.1) is 26.1 Å². The molecule has 0 aliphatic heterocycles. The molecule has 8 nitrogen and oxygen atoms in total. The van der Waals surface area contributed by atoms with Crippen molar-refractivity contribution in [1.82, 2.24) is 0 Å². The number of hydrogen-bond donors (Lipinski definition) is 1. The number of nitrogens with zero attached hydrogens (tertiary/aromatic N) is 2. The highest BCUT2D eigenvalue weighted by atomic mass is 16.6. The minimum Gasteiger partial charge on any atom is -0.325 e. The number of amides is 1. The molecule has 0 atom stereocenters. The Balaban J connectivity index is 2.30. The van der Waals surface area contributed by atoms with Gasteiger partial charge in [0.1, 0.15) is 0 Å². The maximum absolute atomic E-state index is 11.5. The molecule has 1 aliphatic rings. The van der Waals surface area contributed by atoms with Crippen LogP contribution in [0.25, 0.3) is 0 Å². The van der Waals surface area contributed by atoms with E-state index in [1.807, 2.05) is 0 Å². The zero-order valence-electron chi connectivity index (χ0n) is 9.16. The smallest absolute Gasteiger partial charge is 0.278 e.